The highest BCUT2D eigenvalue weighted by Crippen LogP contribution is 2.66. The lowest BCUT2D eigenvalue weighted by molar-refractivity contribution is -0.144. The van der Waals surface area contributed by atoms with Crippen molar-refractivity contribution in [3.63, 3.8) is 0 Å². The molecule has 0 spiro atoms. The Morgan fingerprint density at radius 2 is 1.64 bits per heavy atom. The number of rotatable bonds is 5. The molecule has 3 heterocycles. The number of alkyl halides is 3. The van der Waals surface area contributed by atoms with Crippen molar-refractivity contribution in [2.75, 3.05) is 18.5 Å². The number of nitrogens with zero attached hydrogens (tertiary/aromatic N) is 3. The predicted octanol–water partition coefficient (Wildman–Crippen LogP) is 5.42. The number of halogens is 4. The van der Waals surface area contributed by atoms with Crippen molar-refractivity contribution in [2.45, 2.75) is 53.9 Å². The van der Waals surface area contributed by atoms with Gasteiger partial charge in [-0.3, -0.25) is 33.9 Å². The van der Waals surface area contributed by atoms with Crippen LogP contribution in [0.4, 0.5) is 0 Å². The van der Waals surface area contributed by atoms with Gasteiger partial charge in [0, 0.05) is 36.6 Å². The number of phenolic OH excluding ortho intramolecular Hbond substituents is 1. The van der Waals surface area contributed by atoms with Crippen LogP contribution in [0.15, 0.2) is 60.2 Å². The molecule has 2 aromatic rings. The minimum Gasteiger partial charge on any atom is -0.508 e. The second kappa shape index (κ2) is 11.4. The number of aromatic hydroxyl groups is 1. The zero-order chi connectivity index (χ0) is 31.8. The van der Waals surface area contributed by atoms with Crippen molar-refractivity contribution < 1.29 is 24.3 Å². The number of benzene rings is 2. The average molecular weight is 736 g/mol. The zero-order valence-electron chi connectivity index (χ0n) is 24.2. The molecular weight excluding hydrogens is 705 g/mol. The van der Waals surface area contributed by atoms with Crippen LogP contribution in [0.1, 0.15) is 42.7 Å². The maximum atomic E-state index is 14.3. The highest BCUT2D eigenvalue weighted by atomic mass is 79.9. The van der Waals surface area contributed by atoms with Gasteiger partial charge in [0.25, 0.3) is 11.8 Å². The lowest BCUT2D eigenvalue weighted by Crippen LogP contribution is -2.60. The number of allylic oxidation sites excluding steroid dienone is 2. The Bertz CT molecular complexity index is 1630. The van der Waals surface area contributed by atoms with Crippen LogP contribution in [0.2, 0.25) is 5.02 Å². The first-order valence-corrected chi connectivity index (χ1v) is 17.4. The number of carbonyl (C=O) groups excluding carboxylic acids is 4. The van der Waals surface area contributed by atoms with Gasteiger partial charge in [-0.05, 0) is 54.9 Å². The fourth-order valence-electron chi connectivity index (χ4n) is 8.41. The number of imide groups is 2. The first-order valence-electron chi connectivity index (χ1n) is 15.1. The molecule has 6 unspecified atom stereocenters. The molecule has 45 heavy (non-hydrogen) atoms. The second-order valence-electron chi connectivity index (χ2n) is 12.7. The van der Waals surface area contributed by atoms with E-state index in [1.54, 1.807) is 6.07 Å². The summed E-state index contributed by atoms with van der Waals surface area (Å²) < 4.78 is 0. The number of hydrogen-bond acceptors (Lipinski definition) is 6. The van der Waals surface area contributed by atoms with E-state index in [2.05, 4.69) is 33.0 Å². The van der Waals surface area contributed by atoms with E-state index in [1.807, 2.05) is 24.3 Å². The van der Waals surface area contributed by atoms with E-state index in [1.165, 1.54) is 22.6 Å². The Hall–Kier alpha value is -2.43. The summed E-state index contributed by atoms with van der Waals surface area (Å²) in [5.41, 5.74) is 2.21. The Labute approximate surface area is 284 Å². The van der Waals surface area contributed by atoms with Gasteiger partial charge in [0.2, 0.25) is 11.8 Å². The monoisotopic (exact) mass is 733 g/mol. The van der Waals surface area contributed by atoms with E-state index in [0.717, 1.165) is 24.5 Å². The molecule has 1 saturated carbocycles. The smallest absolute Gasteiger partial charge is 0.254 e. The van der Waals surface area contributed by atoms with Gasteiger partial charge in [0.15, 0.2) is 9.75 Å². The van der Waals surface area contributed by atoms with Gasteiger partial charge in [-0.2, -0.15) is 0 Å². The van der Waals surface area contributed by atoms with Gasteiger partial charge in [-0.25, -0.2) is 0 Å². The van der Waals surface area contributed by atoms with Gasteiger partial charge >= 0.3 is 0 Å². The van der Waals surface area contributed by atoms with Crippen LogP contribution in [-0.2, 0) is 25.7 Å². The maximum Gasteiger partial charge on any atom is 0.254 e. The van der Waals surface area contributed by atoms with Crippen LogP contribution in [0.3, 0.4) is 0 Å². The fourth-order valence-corrected chi connectivity index (χ4v) is 10.1. The van der Waals surface area contributed by atoms with Crippen LogP contribution in [0.25, 0.3) is 0 Å². The Balaban J connectivity index is 1.22. The normalized spacial score (nSPS) is 33.7. The standard InChI is InChI=1S/C33H31BrCl3N3O5/c34-17-39-30(44)32(36)15-24-21(27(33(32,37)31(39)45)22-7-6-20(41)14-25(22)35)8-9-23-26(24)29(43)40(28(23)42)19-10-12-38(13-11-19)16-18-4-2-1-3-5-18/h1-8,14,19,23-24,26-27,41H,9-13,15-17H2. The first-order chi connectivity index (χ1) is 21.5. The number of carbonyl (C=O) groups is 4. The van der Waals surface area contributed by atoms with Crippen LogP contribution in [0, 0.1) is 17.8 Å². The molecule has 3 saturated heterocycles. The average Bonchev–Trinajstić information content (AvgIpc) is 3.36. The lowest BCUT2D eigenvalue weighted by atomic mass is 9.56. The first kappa shape index (κ1) is 31.2. The summed E-state index contributed by atoms with van der Waals surface area (Å²) in [5, 5.41) is 10.2. The molecule has 236 valence electrons. The SMILES string of the molecule is O=C1C2CC=C3C(CC4(Cl)C(=O)N(CBr)C(=O)C4(Cl)C3c3ccc(O)cc3Cl)C2C(=O)N1C1CCN(Cc2ccccc2)CC1. The van der Waals surface area contributed by atoms with Gasteiger partial charge in [-0.1, -0.05) is 75.6 Å². The van der Waals surface area contributed by atoms with E-state index in [9.17, 15) is 24.3 Å². The number of likely N-dealkylation sites (tertiary alicyclic amines) is 3. The van der Waals surface area contributed by atoms with Crippen molar-refractivity contribution in [2.24, 2.45) is 17.8 Å². The summed E-state index contributed by atoms with van der Waals surface area (Å²) in [6.45, 7) is 2.34. The van der Waals surface area contributed by atoms with Crippen LogP contribution < -0.4 is 0 Å². The van der Waals surface area contributed by atoms with E-state index in [-0.39, 0.29) is 40.5 Å². The summed E-state index contributed by atoms with van der Waals surface area (Å²) in [4.78, 5) is 57.0. The van der Waals surface area contributed by atoms with Gasteiger partial charge in [0.05, 0.1) is 17.3 Å². The third-order valence-electron chi connectivity index (χ3n) is 10.5. The third kappa shape index (κ3) is 4.55. The highest BCUT2D eigenvalue weighted by molar-refractivity contribution is 9.09. The minimum atomic E-state index is -1.94. The van der Waals surface area contributed by atoms with Crippen LogP contribution in [-0.4, -0.2) is 77.8 Å². The van der Waals surface area contributed by atoms with Crippen molar-refractivity contribution in [3.8, 4) is 5.75 Å². The van der Waals surface area contributed by atoms with Gasteiger partial charge < -0.3 is 5.11 Å². The summed E-state index contributed by atoms with van der Waals surface area (Å²) in [6.07, 6.45) is 3.47. The molecule has 0 bridgehead atoms. The number of fused-ring (bicyclic) bond motifs is 4. The predicted molar refractivity (Wildman–Crippen MR) is 173 cm³/mol. The molecule has 7 rings (SSSR count). The lowest BCUT2D eigenvalue weighted by Gasteiger charge is -2.51. The number of piperidine rings is 1. The number of phenols is 1. The summed E-state index contributed by atoms with van der Waals surface area (Å²) in [7, 11) is 0. The Morgan fingerprint density at radius 1 is 0.933 bits per heavy atom. The molecule has 3 aliphatic heterocycles. The molecule has 8 nitrogen and oxygen atoms in total. The zero-order valence-corrected chi connectivity index (χ0v) is 28.0. The summed E-state index contributed by atoms with van der Waals surface area (Å²) in [6, 6.07) is 14.4. The summed E-state index contributed by atoms with van der Waals surface area (Å²) in [5.74, 6) is -4.75. The van der Waals surface area contributed by atoms with Gasteiger partial charge in [0.1, 0.15) is 5.75 Å². The molecule has 2 aliphatic carbocycles. The van der Waals surface area contributed by atoms with Crippen LogP contribution >= 0.6 is 50.7 Å². The molecule has 1 N–H and O–H groups in total. The maximum absolute atomic E-state index is 14.3. The Kier molecular flexibility index (Phi) is 7.88. The third-order valence-corrected chi connectivity index (χ3v) is 12.8. The van der Waals surface area contributed by atoms with Crippen molar-refractivity contribution in [1.82, 2.24) is 14.7 Å². The number of amides is 4. The fraction of sp³-hybridized carbons (Fsp3) is 0.455. The molecular formula is C33H31BrCl3N3O5. The second-order valence-corrected chi connectivity index (χ2v) is 14.9. The van der Waals surface area contributed by atoms with E-state index >= 15 is 0 Å². The molecule has 0 radical (unpaired) electrons. The summed E-state index contributed by atoms with van der Waals surface area (Å²) >= 11 is 24.4. The van der Waals surface area contributed by atoms with Crippen LogP contribution in [0.5, 0.6) is 5.75 Å². The van der Waals surface area contributed by atoms with Crippen molar-refractivity contribution in [1.29, 1.82) is 0 Å². The van der Waals surface area contributed by atoms with Crippen molar-refractivity contribution >= 4 is 74.4 Å². The molecule has 6 atom stereocenters. The van der Waals surface area contributed by atoms with E-state index < -0.39 is 45.2 Å². The van der Waals surface area contributed by atoms with Gasteiger partial charge in [-0.15, -0.1) is 23.2 Å². The minimum absolute atomic E-state index is 0.0757. The molecule has 5 aliphatic rings. The largest absolute Gasteiger partial charge is 0.508 e. The molecule has 4 amide bonds. The topological polar surface area (TPSA) is 98.2 Å². The Morgan fingerprint density at radius 3 is 2.31 bits per heavy atom. The van der Waals surface area contributed by atoms with E-state index in [4.69, 9.17) is 34.8 Å². The van der Waals surface area contributed by atoms with Crippen molar-refractivity contribution in [3.05, 3.63) is 76.3 Å². The quantitative estimate of drug-likeness (QED) is 0.191. The number of hydrogen-bond donors (Lipinski definition) is 1. The molecule has 2 aromatic carbocycles. The van der Waals surface area contributed by atoms with E-state index in [0.29, 0.717) is 30.4 Å². The molecule has 0 aromatic heterocycles. The highest BCUT2D eigenvalue weighted by Gasteiger charge is 2.76. The molecule has 4 fully saturated rings. The molecule has 12 heteroatoms.